The molecule has 0 aliphatic rings. The van der Waals surface area contributed by atoms with Gasteiger partial charge in [0.2, 0.25) is 0 Å². The molecule has 0 atom stereocenters. The Bertz CT molecular complexity index is 949. The van der Waals surface area contributed by atoms with Gasteiger partial charge in [-0.2, -0.15) is 9.36 Å². The molecule has 3 aromatic rings. The third-order valence-electron chi connectivity index (χ3n) is 3.57. The van der Waals surface area contributed by atoms with Crippen LogP contribution in [0.1, 0.15) is 11.1 Å². The van der Waals surface area contributed by atoms with Gasteiger partial charge in [-0.15, -0.1) is 0 Å². The van der Waals surface area contributed by atoms with E-state index in [-0.39, 0.29) is 18.0 Å². The molecular formula is C16H15BrN4O3. The van der Waals surface area contributed by atoms with Gasteiger partial charge in [0.15, 0.2) is 0 Å². The van der Waals surface area contributed by atoms with Gasteiger partial charge in [0.25, 0.3) is 0 Å². The van der Waals surface area contributed by atoms with Gasteiger partial charge in [-0.1, -0.05) is 22.0 Å². The normalized spacial score (nSPS) is 10.8. The minimum atomic E-state index is -0.338. The molecule has 8 heteroatoms. The van der Waals surface area contributed by atoms with Crippen LogP contribution in [0.3, 0.4) is 0 Å². The van der Waals surface area contributed by atoms with Crippen molar-refractivity contribution in [2.75, 3.05) is 0 Å². The molecule has 0 aliphatic heterocycles. The SMILES string of the molecule is Cc1cc(O)ccc1OCc1c(Br)cccc1-n1nnn(C)c1=O. The second kappa shape index (κ2) is 6.48. The number of halogens is 1. The molecule has 1 heterocycles. The van der Waals surface area contributed by atoms with Crippen molar-refractivity contribution in [1.82, 2.24) is 19.8 Å². The highest BCUT2D eigenvalue weighted by Crippen LogP contribution is 2.27. The average molecular weight is 391 g/mol. The molecule has 0 radical (unpaired) electrons. The Balaban J connectivity index is 1.96. The number of tetrazole rings is 1. The van der Waals surface area contributed by atoms with Gasteiger partial charge in [-0.05, 0) is 53.2 Å². The number of rotatable bonds is 4. The van der Waals surface area contributed by atoms with Crippen LogP contribution in [0.5, 0.6) is 11.5 Å². The molecule has 0 fully saturated rings. The van der Waals surface area contributed by atoms with Crippen molar-refractivity contribution < 1.29 is 9.84 Å². The van der Waals surface area contributed by atoms with E-state index in [0.29, 0.717) is 11.4 Å². The van der Waals surface area contributed by atoms with Crippen molar-refractivity contribution in [3.8, 4) is 17.2 Å². The standard InChI is InChI=1S/C16H15BrN4O3/c1-10-8-11(22)6-7-15(10)24-9-12-13(17)4-3-5-14(12)21-16(23)20(2)18-19-21/h3-8,22H,9H2,1-2H3. The van der Waals surface area contributed by atoms with Crippen LogP contribution < -0.4 is 10.4 Å². The Kier molecular flexibility index (Phi) is 4.39. The number of aromatic nitrogens is 4. The summed E-state index contributed by atoms with van der Waals surface area (Å²) in [6.07, 6.45) is 0. The molecular weight excluding hydrogens is 376 g/mol. The first-order valence-electron chi connectivity index (χ1n) is 7.16. The lowest BCUT2D eigenvalue weighted by atomic mass is 10.2. The number of phenolic OH excluding ortho intramolecular Hbond substituents is 1. The Morgan fingerprint density at radius 3 is 2.71 bits per heavy atom. The molecule has 1 aromatic heterocycles. The van der Waals surface area contributed by atoms with Gasteiger partial charge in [0, 0.05) is 17.1 Å². The van der Waals surface area contributed by atoms with Crippen LogP contribution in [0.25, 0.3) is 5.69 Å². The molecule has 2 aromatic carbocycles. The Morgan fingerprint density at radius 1 is 1.25 bits per heavy atom. The minimum Gasteiger partial charge on any atom is -0.508 e. The quantitative estimate of drug-likeness (QED) is 0.738. The molecule has 0 unspecified atom stereocenters. The van der Waals surface area contributed by atoms with Crippen LogP contribution in [0.4, 0.5) is 0 Å². The number of ether oxygens (including phenoxy) is 1. The van der Waals surface area contributed by atoms with Crippen molar-refractivity contribution in [3.63, 3.8) is 0 Å². The monoisotopic (exact) mass is 390 g/mol. The third-order valence-corrected chi connectivity index (χ3v) is 4.32. The van der Waals surface area contributed by atoms with Gasteiger partial charge in [-0.3, -0.25) is 0 Å². The summed E-state index contributed by atoms with van der Waals surface area (Å²) < 4.78 is 9.05. The zero-order chi connectivity index (χ0) is 17.3. The first-order valence-corrected chi connectivity index (χ1v) is 7.96. The van der Waals surface area contributed by atoms with Crippen LogP contribution in [0, 0.1) is 6.92 Å². The van der Waals surface area contributed by atoms with Gasteiger partial charge in [0.1, 0.15) is 18.1 Å². The van der Waals surface area contributed by atoms with Crippen LogP contribution in [0.15, 0.2) is 45.7 Å². The summed E-state index contributed by atoms with van der Waals surface area (Å²) in [4.78, 5) is 12.1. The highest BCUT2D eigenvalue weighted by atomic mass is 79.9. The zero-order valence-corrected chi connectivity index (χ0v) is 14.7. The second-order valence-electron chi connectivity index (χ2n) is 5.27. The van der Waals surface area contributed by atoms with Crippen LogP contribution in [0.2, 0.25) is 0 Å². The Labute approximate surface area is 146 Å². The highest BCUT2D eigenvalue weighted by Gasteiger charge is 2.14. The molecule has 7 nitrogen and oxygen atoms in total. The van der Waals surface area contributed by atoms with E-state index in [1.165, 1.54) is 4.68 Å². The van der Waals surface area contributed by atoms with E-state index in [2.05, 4.69) is 26.4 Å². The van der Waals surface area contributed by atoms with E-state index in [4.69, 9.17) is 4.74 Å². The Hall–Kier alpha value is -2.61. The maximum atomic E-state index is 12.1. The van der Waals surface area contributed by atoms with Gasteiger partial charge in [0.05, 0.1) is 5.69 Å². The maximum Gasteiger partial charge on any atom is 0.368 e. The van der Waals surface area contributed by atoms with Crippen LogP contribution in [-0.4, -0.2) is 24.9 Å². The maximum absolute atomic E-state index is 12.1. The highest BCUT2D eigenvalue weighted by molar-refractivity contribution is 9.10. The van der Waals surface area contributed by atoms with E-state index in [1.54, 1.807) is 31.3 Å². The van der Waals surface area contributed by atoms with Crippen LogP contribution >= 0.6 is 15.9 Å². The number of aromatic hydroxyl groups is 1. The predicted octanol–water partition coefficient (Wildman–Crippen LogP) is 2.32. The van der Waals surface area contributed by atoms with Crippen molar-refractivity contribution >= 4 is 15.9 Å². The van der Waals surface area contributed by atoms with Crippen molar-refractivity contribution in [3.05, 3.63) is 62.5 Å². The molecule has 0 saturated heterocycles. The minimum absolute atomic E-state index is 0.188. The smallest absolute Gasteiger partial charge is 0.368 e. The molecule has 0 bridgehead atoms. The number of nitrogens with zero attached hydrogens (tertiary/aromatic N) is 4. The fraction of sp³-hybridized carbons (Fsp3) is 0.188. The fourth-order valence-corrected chi connectivity index (χ4v) is 2.77. The van der Waals surface area contributed by atoms with E-state index < -0.39 is 0 Å². The van der Waals surface area contributed by atoms with Gasteiger partial charge in [-0.25, -0.2) is 4.79 Å². The van der Waals surface area contributed by atoms with Crippen LogP contribution in [-0.2, 0) is 13.7 Å². The molecule has 0 amide bonds. The number of hydrogen-bond donors (Lipinski definition) is 1. The first kappa shape index (κ1) is 16.3. The lowest BCUT2D eigenvalue weighted by Gasteiger charge is -2.13. The molecule has 24 heavy (non-hydrogen) atoms. The van der Waals surface area contributed by atoms with E-state index in [0.717, 1.165) is 20.3 Å². The third kappa shape index (κ3) is 3.05. The topological polar surface area (TPSA) is 82.2 Å². The Morgan fingerprint density at radius 2 is 2.04 bits per heavy atom. The molecule has 0 saturated carbocycles. The summed E-state index contributed by atoms with van der Waals surface area (Å²) in [5, 5.41) is 17.1. The summed E-state index contributed by atoms with van der Waals surface area (Å²) in [5.41, 5.74) is 1.85. The van der Waals surface area contributed by atoms with E-state index in [9.17, 15) is 9.90 Å². The summed E-state index contributed by atoms with van der Waals surface area (Å²) in [5.74, 6) is 0.841. The van der Waals surface area contributed by atoms with Crippen molar-refractivity contribution in [2.45, 2.75) is 13.5 Å². The summed E-state index contributed by atoms with van der Waals surface area (Å²) in [7, 11) is 1.54. The number of phenols is 1. The number of aryl methyl sites for hydroxylation is 2. The molecule has 124 valence electrons. The van der Waals surface area contributed by atoms with Crippen molar-refractivity contribution in [2.24, 2.45) is 7.05 Å². The zero-order valence-electron chi connectivity index (χ0n) is 13.1. The molecule has 0 spiro atoms. The number of hydrogen-bond acceptors (Lipinski definition) is 5. The average Bonchev–Trinajstić information content (AvgIpc) is 2.87. The lowest BCUT2D eigenvalue weighted by Crippen LogP contribution is -2.23. The van der Waals surface area contributed by atoms with Gasteiger partial charge < -0.3 is 9.84 Å². The van der Waals surface area contributed by atoms with E-state index in [1.807, 2.05) is 19.1 Å². The van der Waals surface area contributed by atoms with Gasteiger partial charge >= 0.3 is 5.69 Å². The van der Waals surface area contributed by atoms with E-state index >= 15 is 0 Å². The molecule has 3 rings (SSSR count). The summed E-state index contributed by atoms with van der Waals surface area (Å²) in [6.45, 7) is 2.08. The molecule has 1 N–H and O–H groups in total. The summed E-state index contributed by atoms with van der Waals surface area (Å²) >= 11 is 3.49. The first-order chi connectivity index (χ1) is 11.5. The largest absolute Gasteiger partial charge is 0.508 e. The second-order valence-corrected chi connectivity index (χ2v) is 6.13. The number of benzene rings is 2. The summed E-state index contributed by atoms with van der Waals surface area (Å²) in [6, 6.07) is 10.4. The molecule has 0 aliphatic carbocycles. The van der Waals surface area contributed by atoms with Crippen molar-refractivity contribution in [1.29, 1.82) is 0 Å². The fourth-order valence-electron chi connectivity index (χ4n) is 2.30. The lowest BCUT2D eigenvalue weighted by molar-refractivity contribution is 0.302. The predicted molar refractivity (Wildman–Crippen MR) is 91.5 cm³/mol.